The van der Waals surface area contributed by atoms with Crippen LogP contribution >= 0.6 is 11.3 Å². The fourth-order valence-corrected chi connectivity index (χ4v) is 2.67. The van der Waals surface area contributed by atoms with E-state index in [1.807, 2.05) is 0 Å². The maximum absolute atomic E-state index is 4.26. The van der Waals surface area contributed by atoms with Crippen molar-refractivity contribution >= 4 is 16.5 Å². The van der Waals surface area contributed by atoms with E-state index in [2.05, 4.69) is 60.2 Å². The van der Waals surface area contributed by atoms with Gasteiger partial charge < -0.3 is 10.2 Å². The van der Waals surface area contributed by atoms with Crippen molar-refractivity contribution in [2.24, 2.45) is 5.92 Å². The number of nitrogens with zero attached hydrogens (tertiary/aromatic N) is 4. The first-order valence-electron chi connectivity index (χ1n) is 6.94. The molecule has 0 saturated carbocycles. The molecule has 0 spiro atoms. The third-order valence-corrected chi connectivity index (χ3v) is 3.51. The van der Waals surface area contributed by atoms with E-state index in [1.165, 1.54) is 0 Å². The summed E-state index contributed by atoms with van der Waals surface area (Å²) in [5.41, 5.74) is 0. The Balaban J connectivity index is 2.53. The van der Waals surface area contributed by atoms with E-state index >= 15 is 0 Å². The van der Waals surface area contributed by atoms with E-state index in [0.29, 0.717) is 5.92 Å². The van der Waals surface area contributed by atoms with E-state index in [-0.39, 0.29) is 0 Å². The number of hydrogen-bond acceptors (Lipinski definition) is 6. The van der Waals surface area contributed by atoms with E-state index < -0.39 is 0 Å². The molecule has 0 aromatic carbocycles. The zero-order valence-corrected chi connectivity index (χ0v) is 13.6. The van der Waals surface area contributed by atoms with Gasteiger partial charge in [0, 0.05) is 26.2 Å². The summed E-state index contributed by atoms with van der Waals surface area (Å²) < 4.78 is 0. The van der Waals surface area contributed by atoms with Crippen LogP contribution in [-0.2, 0) is 6.54 Å². The lowest BCUT2D eigenvalue weighted by molar-refractivity contribution is 0.211. The number of likely N-dealkylation sites (N-methyl/N-ethyl adjacent to an activating group) is 1. The molecule has 19 heavy (non-hydrogen) atoms. The maximum atomic E-state index is 4.26. The van der Waals surface area contributed by atoms with Gasteiger partial charge in [0.1, 0.15) is 5.01 Å². The third-order valence-electron chi connectivity index (χ3n) is 2.64. The minimum absolute atomic E-state index is 0.670. The molecule has 0 radical (unpaired) electrons. The molecule has 0 atom stereocenters. The van der Waals surface area contributed by atoms with Gasteiger partial charge in [-0.25, -0.2) is 0 Å². The van der Waals surface area contributed by atoms with Crippen molar-refractivity contribution in [2.75, 3.05) is 45.6 Å². The Bertz CT molecular complexity index is 351. The number of rotatable bonds is 9. The Hall–Kier alpha value is -0.720. The van der Waals surface area contributed by atoms with Gasteiger partial charge in [0.2, 0.25) is 5.13 Å². The standard InChI is InChI=1S/C13H27N5S/c1-6-14-13-16-15-12(19-13)10-18(9-11(2)3)8-7-17(4)5/h11H,6-10H2,1-5H3,(H,14,16). The van der Waals surface area contributed by atoms with Gasteiger partial charge in [-0.1, -0.05) is 25.2 Å². The molecule has 0 aliphatic carbocycles. The normalized spacial score (nSPS) is 11.8. The first kappa shape index (κ1) is 16.3. The van der Waals surface area contributed by atoms with Crippen molar-refractivity contribution in [2.45, 2.75) is 27.3 Å². The molecule has 110 valence electrons. The Morgan fingerprint density at radius 2 is 1.95 bits per heavy atom. The summed E-state index contributed by atoms with van der Waals surface area (Å²) in [5, 5.41) is 13.6. The van der Waals surface area contributed by atoms with E-state index in [4.69, 9.17) is 0 Å². The molecule has 0 fully saturated rings. The van der Waals surface area contributed by atoms with Gasteiger partial charge in [0.15, 0.2) is 0 Å². The molecule has 0 unspecified atom stereocenters. The van der Waals surface area contributed by atoms with Crippen molar-refractivity contribution in [3.8, 4) is 0 Å². The Labute approximate surface area is 121 Å². The largest absolute Gasteiger partial charge is 0.360 e. The molecule has 1 N–H and O–H groups in total. The lowest BCUT2D eigenvalue weighted by atomic mass is 10.2. The highest BCUT2D eigenvalue weighted by Crippen LogP contribution is 2.17. The van der Waals surface area contributed by atoms with Crippen LogP contribution in [0.25, 0.3) is 0 Å². The Morgan fingerprint density at radius 1 is 1.21 bits per heavy atom. The molecule has 0 aliphatic heterocycles. The van der Waals surface area contributed by atoms with E-state index in [9.17, 15) is 0 Å². The second-order valence-electron chi connectivity index (χ2n) is 5.46. The molecule has 1 aromatic heterocycles. The summed E-state index contributed by atoms with van der Waals surface area (Å²) in [6.45, 7) is 11.6. The molecule has 1 aromatic rings. The Morgan fingerprint density at radius 3 is 2.53 bits per heavy atom. The molecule has 1 heterocycles. The molecule has 6 heteroatoms. The van der Waals surface area contributed by atoms with Crippen LogP contribution in [0.5, 0.6) is 0 Å². The fourth-order valence-electron chi connectivity index (χ4n) is 1.82. The molecular weight excluding hydrogens is 258 g/mol. The molecule has 0 amide bonds. The number of anilines is 1. The second kappa shape index (κ2) is 8.45. The molecular formula is C13H27N5S. The van der Waals surface area contributed by atoms with Crippen LogP contribution in [0.1, 0.15) is 25.8 Å². The van der Waals surface area contributed by atoms with Gasteiger partial charge in [0.25, 0.3) is 0 Å². The summed E-state index contributed by atoms with van der Waals surface area (Å²) in [4.78, 5) is 4.68. The Kier molecular flexibility index (Phi) is 7.27. The highest BCUT2D eigenvalue weighted by atomic mass is 32.1. The smallest absolute Gasteiger partial charge is 0.205 e. The van der Waals surface area contributed by atoms with Gasteiger partial charge in [-0.15, -0.1) is 10.2 Å². The molecule has 0 aliphatic rings. The van der Waals surface area contributed by atoms with Crippen molar-refractivity contribution in [1.82, 2.24) is 20.0 Å². The van der Waals surface area contributed by atoms with Gasteiger partial charge in [-0.05, 0) is 26.9 Å². The van der Waals surface area contributed by atoms with Crippen LogP contribution in [0.2, 0.25) is 0 Å². The zero-order valence-electron chi connectivity index (χ0n) is 12.8. The van der Waals surface area contributed by atoms with Crippen LogP contribution in [0.15, 0.2) is 0 Å². The average Bonchev–Trinajstić information content (AvgIpc) is 2.73. The SMILES string of the molecule is CCNc1nnc(CN(CCN(C)C)CC(C)C)s1. The predicted molar refractivity (Wildman–Crippen MR) is 82.7 cm³/mol. The fraction of sp³-hybridized carbons (Fsp3) is 0.846. The van der Waals surface area contributed by atoms with Gasteiger partial charge in [0.05, 0.1) is 6.54 Å². The molecule has 5 nitrogen and oxygen atoms in total. The molecule has 0 bridgehead atoms. The average molecular weight is 285 g/mol. The summed E-state index contributed by atoms with van der Waals surface area (Å²) in [6.07, 6.45) is 0. The minimum Gasteiger partial charge on any atom is -0.360 e. The van der Waals surface area contributed by atoms with E-state index in [0.717, 1.165) is 42.9 Å². The zero-order chi connectivity index (χ0) is 14.3. The van der Waals surface area contributed by atoms with Gasteiger partial charge in [-0.3, -0.25) is 4.90 Å². The number of aromatic nitrogens is 2. The van der Waals surface area contributed by atoms with Crippen molar-refractivity contribution < 1.29 is 0 Å². The lowest BCUT2D eigenvalue weighted by Gasteiger charge is -2.24. The van der Waals surface area contributed by atoms with E-state index in [1.54, 1.807) is 11.3 Å². The predicted octanol–water partition coefficient (Wildman–Crippen LogP) is 1.99. The van der Waals surface area contributed by atoms with Crippen LogP contribution in [0.3, 0.4) is 0 Å². The summed E-state index contributed by atoms with van der Waals surface area (Å²) in [7, 11) is 4.23. The first-order chi connectivity index (χ1) is 9.01. The van der Waals surface area contributed by atoms with Gasteiger partial charge >= 0.3 is 0 Å². The highest BCUT2D eigenvalue weighted by molar-refractivity contribution is 7.15. The lowest BCUT2D eigenvalue weighted by Crippen LogP contribution is -2.33. The topological polar surface area (TPSA) is 44.3 Å². The molecule has 1 rings (SSSR count). The van der Waals surface area contributed by atoms with Crippen LogP contribution in [0.4, 0.5) is 5.13 Å². The van der Waals surface area contributed by atoms with Crippen molar-refractivity contribution in [3.63, 3.8) is 0 Å². The van der Waals surface area contributed by atoms with Crippen LogP contribution in [0, 0.1) is 5.92 Å². The van der Waals surface area contributed by atoms with Crippen LogP contribution < -0.4 is 5.32 Å². The third kappa shape index (κ3) is 6.84. The maximum Gasteiger partial charge on any atom is 0.205 e. The monoisotopic (exact) mass is 285 g/mol. The quantitative estimate of drug-likeness (QED) is 0.752. The first-order valence-corrected chi connectivity index (χ1v) is 7.76. The summed E-state index contributed by atoms with van der Waals surface area (Å²) >= 11 is 1.66. The number of nitrogens with one attached hydrogen (secondary N) is 1. The van der Waals surface area contributed by atoms with Crippen molar-refractivity contribution in [3.05, 3.63) is 5.01 Å². The minimum atomic E-state index is 0.670. The van der Waals surface area contributed by atoms with Gasteiger partial charge in [-0.2, -0.15) is 0 Å². The summed E-state index contributed by atoms with van der Waals surface area (Å²) in [6, 6.07) is 0. The van der Waals surface area contributed by atoms with Crippen molar-refractivity contribution in [1.29, 1.82) is 0 Å². The highest BCUT2D eigenvalue weighted by Gasteiger charge is 2.12. The summed E-state index contributed by atoms with van der Waals surface area (Å²) in [5.74, 6) is 0.670. The van der Waals surface area contributed by atoms with Crippen LogP contribution in [-0.4, -0.2) is 60.3 Å². The number of hydrogen-bond donors (Lipinski definition) is 1. The molecule has 0 saturated heterocycles. The second-order valence-corrected chi connectivity index (χ2v) is 6.53.